The van der Waals surface area contributed by atoms with E-state index in [0.29, 0.717) is 0 Å². The van der Waals surface area contributed by atoms with Crippen molar-refractivity contribution in [2.45, 2.75) is 0 Å². The van der Waals surface area contributed by atoms with Crippen LogP contribution in [-0.4, -0.2) is 19.5 Å². The first-order chi connectivity index (χ1) is 3.56. The van der Waals surface area contributed by atoms with Gasteiger partial charge in [-0.15, -0.1) is 19.2 Å². The molecule has 0 atom stereocenters. The maximum atomic E-state index is 9.73. The van der Waals surface area contributed by atoms with Crippen LogP contribution in [0.3, 0.4) is 0 Å². The van der Waals surface area contributed by atoms with Crippen LogP contribution in [0.4, 0.5) is 0 Å². The van der Waals surface area contributed by atoms with Crippen molar-refractivity contribution < 1.29 is 42.5 Å². The summed E-state index contributed by atoms with van der Waals surface area (Å²) in [5, 5.41) is 0. The number of hydrogen-bond donors (Lipinski definition) is 1. The molecule has 0 radical (unpaired) electrons. The normalized spacial score (nSPS) is 9.89. The predicted molar refractivity (Wildman–Crippen MR) is 30.0 cm³/mol. The van der Waals surface area contributed by atoms with Gasteiger partial charge < -0.3 is 4.72 Å². The van der Waals surface area contributed by atoms with Gasteiger partial charge in [0.25, 0.3) is 0 Å². The summed E-state index contributed by atoms with van der Waals surface area (Å²) in [5.41, 5.74) is 0. The van der Waals surface area contributed by atoms with Gasteiger partial charge in [-0.3, -0.25) is 4.55 Å². The minimum atomic E-state index is -4.13. The summed E-state index contributed by atoms with van der Waals surface area (Å²) in [7, 11) is -4.13. The second-order valence-corrected chi connectivity index (χ2v) is 2.20. The molecule has 0 spiro atoms. The minimum Gasteiger partial charge on any atom is -0.521 e. The molecule has 0 aromatic carbocycles. The van der Waals surface area contributed by atoms with E-state index in [4.69, 9.17) is 4.55 Å². The number of hydrogen-bond acceptors (Lipinski definition) is 2. The van der Waals surface area contributed by atoms with E-state index in [0.717, 1.165) is 0 Å². The van der Waals surface area contributed by atoms with E-state index in [9.17, 15) is 8.42 Å². The maximum Gasteiger partial charge on any atom is 1.00 e. The summed E-state index contributed by atoms with van der Waals surface area (Å²) in [6.07, 6.45) is 1.27. The third-order valence-electron chi connectivity index (χ3n) is 0.367. The Balaban J connectivity index is 0. The Morgan fingerprint density at radius 3 is 2.22 bits per heavy atom. The molecule has 0 aliphatic rings. The Kier molecular flexibility index (Phi) is 7.38. The van der Waals surface area contributed by atoms with Gasteiger partial charge in [0.2, 0.25) is 0 Å². The van der Waals surface area contributed by atoms with E-state index in [1.807, 2.05) is 0 Å². The average Bonchev–Trinajstić information content (AvgIpc) is 1.59. The van der Waals surface area contributed by atoms with Crippen molar-refractivity contribution in [3.8, 4) is 0 Å². The van der Waals surface area contributed by atoms with E-state index in [-0.39, 0.29) is 36.1 Å². The molecular weight excluding hydrogens is 153 g/mol. The summed E-state index contributed by atoms with van der Waals surface area (Å²) in [5.74, 6) is 0. The Morgan fingerprint density at radius 1 is 1.67 bits per heavy atom. The SMILES string of the molecule is C=CC[N-]S(=O)(=O)O.[Na+]. The topological polar surface area (TPSA) is 68.5 Å². The molecule has 1 N–H and O–H groups in total. The molecule has 0 aliphatic heterocycles. The zero-order chi connectivity index (χ0) is 6.62. The Labute approximate surface area is 76.5 Å². The van der Waals surface area contributed by atoms with Gasteiger partial charge in [-0.05, 0) is 0 Å². The molecule has 6 heteroatoms. The van der Waals surface area contributed by atoms with E-state index in [1.165, 1.54) is 6.08 Å². The van der Waals surface area contributed by atoms with Crippen molar-refractivity contribution in [1.82, 2.24) is 0 Å². The van der Waals surface area contributed by atoms with Gasteiger partial charge in [0, 0.05) is 0 Å². The van der Waals surface area contributed by atoms with Crippen LogP contribution in [0, 0.1) is 0 Å². The minimum absolute atomic E-state index is 0. The largest absolute Gasteiger partial charge is 1.00 e. The zero-order valence-corrected chi connectivity index (χ0v) is 7.93. The zero-order valence-electron chi connectivity index (χ0n) is 5.11. The summed E-state index contributed by atoms with van der Waals surface area (Å²) in [6.45, 7) is 3.12. The first-order valence-electron chi connectivity index (χ1n) is 1.83. The molecule has 0 amide bonds. The van der Waals surface area contributed by atoms with Crippen LogP contribution in [-0.2, 0) is 10.3 Å². The van der Waals surface area contributed by atoms with Gasteiger partial charge in [-0.25, -0.2) is 8.42 Å². The van der Waals surface area contributed by atoms with Crippen molar-refractivity contribution in [2.24, 2.45) is 0 Å². The van der Waals surface area contributed by atoms with E-state index in [2.05, 4.69) is 11.3 Å². The van der Waals surface area contributed by atoms with Gasteiger partial charge in [0.1, 0.15) is 0 Å². The van der Waals surface area contributed by atoms with Crippen LogP contribution in [0.1, 0.15) is 0 Å². The average molecular weight is 159 g/mol. The van der Waals surface area contributed by atoms with E-state index >= 15 is 0 Å². The summed E-state index contributed by atoms with van der Waals surface area (Å²) >= 11 is 0. The van der Waals surface area contributed by atoms with Crippen molar-refractivity contribution >= 4 is 10.3 Å². The number of nitrogens with zero attached hydrogens (tertiary/aromatic N) is 1. The van der Waals surface area contributed by atoms with Crippen molar-refractivity contribution in [1.29, 1.82) is 0 Å². The summed E-state index contributed by atoms with van der Waals surface area (Å²) < 4.78 is 30.2. The van der Waals surface area contributed by atoms with E-state index < -0.39 is 10.3 Å². The molecular formula is C3H6NNaO3S. The third-order valence-corrected chi connectivity index (χ3v) is 0.842. The molecule has 0 aliphatic carbocycles. The van der Waals surface area contributed by atoms with Crippen LogP contribution >= 0.6 is 0 Å². The number of rotatable bonds is 3. The molecule has 0 fully saturated rings. The quantitative estimate of drug-likeness (QED) is 0.278. The van der Waals surface area contributed by atoms with Crippen LogP contribution in [0.15, 0.2) is 12.7 Å². The third kappa shape index (κ3) is 12.0. The molecule has 0 aromatic heterocycles. The van der Waals surface area contributed by atoms with Crippen LogP contribution in [0.5, 0.6) is 0 Å². The summed E-state index contributed by atoms with van der Waals surface area (Å²) in [6, 6.07) is 0. The van der Waals surface area contributed by atoms with Crippen molar-refractivity contribution in [2.75, 3.05) is 6.54 Å². The summed E-state index contributed by atoms with van der Waals surface area (Å²) in [4.78, 5) is 0. The fraction of sp³-hybridized carbons (Fsp3) is 0.333. The van der Waals surface area contributed by atoms with Crippen LogP contribution in [0.2, 0.25) is 0 Å². The van der Waals surface area contributed by atoms with Gasteiger partial charge in [-0.1, -0.05) is 0 Å². The fourth-order valence-corrected chi connectivity index (χ4v) is 0.441. The van der Waals surface area contributed by atoms with Gasteiger partial charge in [0.05, 0.1) is 0 Å². The molecule has 0 rings (SSSR count). The monoisotopic (exact) mass is 159 g/mol. The molecule has 0 unspecified atom stereocenters. The molecule has 48 valence electrons. The standard InChI is InChI=1S/C3H6NO3S.Na/c1-2-3-4-8(5,6)7;/h2H,1,3H2,(H,5,6,7);/q-1;+1. The Hall–Kier alpha value is 0.610. The Morgan fingerprint density at radius 2 is 2.11 bits per heavy atom. The maximum absolute atomic E-state index is 9.73. The second-order valence-electron chi connectivity index (χ2n) is 1.05. The van der Waals surface area contributed by atoms with Crippen molar-refractivity contribution in [3.63, 3.8) is 0 Å². The van der Waals surface area contributed by atoms with Gasteiger partial charge >= 0.3 is 29.6 Å². The molecule has 0 heterocycles. The Bertz CT molecular complexity index is 164. The first kappa shape index (κ1) is 12.3. The van der Waals surface area contributed by atoms with Crippen LogP contribution < -0.4 is 29.6 Å². The van der Waals surface area contributed by atoms with E-state index in [1.54, 1.807) is 0 Å². The molecule has 0 saturated carbocycles. The second kappa shape index (κ2) is 5.40. The van der Waals surface area contributed by atoms with Crippen LogP contribution in [0.25, 0.3) is 4.72 Å². The predicted octanol–water partition coefficient (Wildman–Crippen LogP) is -2.65. The molecule has 0 bridgehead atoms. The molecule has 9 heavy (non-hydrogen) atoms. The smallest absolute Gasteiger partial charge is 0.521 e. The van der Waals surface area contributed by atoms with Crippen molar-refractivity contribution in [3.05, 3.63) is 17.4 Å². The van der Waals surface area contributed by atoms with Gasteiger partial charge in [0.15, 0.2) is 10.3 Å². The first-order valence-corrected chi connectivity index (χ1v) is 3.23. The fourth-order valence-electron chi connectivity index (χ4n) is 0.147. The van der Waals surface area contributed by atoms with Gasteiger partial charge in [-0.2, -0.15) is 0 Å². The molecule has 0 saturated heterocycles. The molecule has 0 aromatic rings. The molecule has 4 nitrogen and oxygen atoms in total.